The zero-order chi connectivity index (χ0) is 17.7. The van der Waals surface area contributed by atoms with E-state index in [1.54, 1.807) is 36.7 Å². The molecule has 128 valence electrons. The summed E-state index contributed by atoms with van der Waals surface area (Å²) in [5.74, 6) is 1.40. The van der Waals surface area contributed by atoms with Gasteiger partial charge in [-0.05, 0) is 32.0 Å². The first-order valence-electron chi connectivity index (χ1n) is 7.68. The van der Waals surface area contributed by atoms with Crippen LogP contribution in [0.5, 0.6) is 0 Å². The molecule has 0 unspecified atom stereocenters. The fourth-order valence-electron chi connectivity index (χ4n) is 2.99. The number of hydrogen-bond donors (Lipinski definition) is 1. The van der Waals surface area contributed by atoms with Gasteiger partial charge in [-0.15, -0.1) is 0 Å². The Bertz CT molecular complexity index is 1100. The van der Waals surface area contributed by atoms with E-state index in [1.165, 1.54) is 4.57 Å². The zero-order valence-corrected chi connectivity index (χ0v) is 13.6. The average molecular weight is 343 g/mol. The summed E-state index contributed by atoms with van der Waals surface area (Å²) in [6, 6.07) is 5.38. The number of aromatic nitrogens is 6. The summed E-state index contributed by atoms with van der Waals surface area (Å²) in [6.45, 7) is 3.00. The lowest BCUT2D eigenvalue weighted by Crippen LogP contribution is -2.09. The van der Waals surface area contributed by atoms with Crippen LogP contribution in [0.15, 0.2) is 24.4 Å². The van der Waals surface area contributed by atoms with Crippen molar-refractivity contribution in [1.82, 2.24) is 29.1 Å². The number of anilines is 1. The molecule has 25 heavy (non-hydrogen) atoms. The summed E-state index contributed by atoms with van der Waals surface area (Å²) < 4.78 is 28.8. The van der Waals surface area contributed by atoms with Gasteiger partial charge in [0.15, 0.2) is 11.5 Å². The first kappa shape index (κ1) is 15.4. The third kappa shape index (κ3) is 2.48. The fourth-order valence-corrected chi connectivity index (χ4v) is 2.99. The van der Waals surface area contributed by atoms with Crippen molar-refractivity contribution in [3.8, 4) is 11.3 Å². The van der Waals surface area contributed by atoms with Gasteiger partial charge in [0.1, 0.15) is 22.7 Å². The maximum Gasteiger partial charge on any atom is 0.256 e. The van der Waals surface area contributed by atoms with E-state index in [-0.39, 0.29) is 0 Å². The predicted octanol–water partition coefficient (Wildman–Crippen LogP) is 2.61. The van der Waals surface area contributed by atoms with Crippen LogP contribution in [0.1, 0.15) is 11.6 Å². The fraction of sp³-hybridized carbons (Fsp3) is 0.250. The smallest absolute Gasteiger partial charge is 0.256 e. The van der Waals surface area contributed by atoms with Crippen molar-refractivity contribution >= 4 is 22.5 Å². The molecule has 7 nitrogen and oxygen atoms in total. The summed E-state index contributed by atoms with van der Waals surface area (Å²) in [5, 5.41) is 4.29. The van der Waals surface area contributed by atoms with Crippen molar-refractivity contribution in [1.29, 1.82) is 0 Å². The van der Waals surface area contributed by atoms with Crippen LogP contribution < -0.4 is 5.73 Å². The number of halogens is 2. The monoisotopic (exact) mass is 343 g/mol. The quantitative estimate of drug-likeness (QED) is 0.618. The number of fused-ring (bicyclic) bond motifs is 2. The molecule has 0 amide bonds. The normalized spacial score (nSPS) is 11.9. The van der Waals surface area contributed by atoms with Crippen molar-refractivity contribution in [3.63, 3.8) is 0 Å². The minimum atomic E-state index is -2.48. The first-order chi connectivity index (χ1) is 11.9. The van der Waals surface area contributed by atoms with Crippen LogP contribution in [0.4, 0.5) is 14.6 Å². The molecule has 0 saturated heterocycles. The van der Waals surface area contributed by atoms with Crippen LogP contribution in [-0.2, 0) is 6.54 Å². The van der Waals surface area contributed by atoms with Gasteiger partial charge in [-0.25, -0.2) is 28.2 Å². The third-order valence-electron chi connectivity index (χ3n) is 4.02. The molecule has 4 aromatic rings. The Hall–Kier alpha value is -3.10. The number of imidazole rings is 1. The number of rotatable bonds is 3. The van der Waals surface area contributed by atoms with Crippen LogP contribution in [0.2, 0.25) is 0 Å². The number of nitrogens with two attached hydrogens (primary N) is 1. The van der Waals surface area contributed by atoms with E-state index in [0.717, 1.165) is 5.56 Å². The van der Waals surface area contributed by atoms with Crippen LogP contribution >= 0.6 is 0 Å². The lowest BCUT2D eigenvalue weighted by atomic mass is 10.2. The topological polar surface area (TPSA) is 86.9 Å². The number of nitrogens with zero attached hydrogens (tertiary/aromatic N) is 6. The van der Waals surface area contributed by atoms with Gasteiger partial charge in [0.05, 0.1) is 12.2 Å². The van der Waals surface area contributed by atoms with Gasteiger partial charge in [0.25, 0.3) is 6.43 Å². The molecule has 0 spiro atoms. The molecule has 0 bridgehead atoms. The minimum Gasteiger partial charge on any atom is -0.382 e. The molecule has 0 aliphatic heterocycles. The molecular formula is C16H15F2N7. The minimum absolute atomic E-state index is 0.340. The Labute approximate surface area is 141 Å². The summed E-state index contributed by atoms with van der Waals surface area (Å²) in [5.41, 5.74) is 9.00. The summed E-state index contributed by atoms with van der Waals surface area (Å²) in [7, 11) is 0. The number of alkyl halides is 2. The maximum absolute atomic E-state index is 12.9. The van der Waals surface area contributed by atoms with Gasteiger partial charge >= 0.3 is 0 Å². The lowest BCUT2D eigenvalue weighted by molar-refractivity contribution is 0.127. The summed E-state index contributed by atoms with van der Waals surface area (Å²) >= 11 is 0. The molecule has 0 radical (unpaired) electrons. The molecule has 4 rings (SSSR count). The van der Waals surface area contributed by atoms with Crippen molar-refractivity contribution in [2.24, 2.45) is 0 Å². The molecule has 9 heteroatoms. The van der Waals surface area contributed by atoms with E-state index in [2.05, 4.69) is 20.1 Å². The van der Waals surface area contributed by atoms with E-state index in [4.69, 9.17) is 5.73 Å². The van der Waals surface area contributed by atoms with E-state index in [0.29, 0.717) is 39.8 Å². The van der Waals surface area contributed by atoms with Crippen LogP contribution in [-0.4, -0.2) is 35.6 Å². The molecule has 0 atom stereocenters. The molecule has 0 aliphatic carbocycles. The highest BCUT2D eigenvalue weighted by molar-refractivity contribution is 5.88. The summed E-state index contributed by atoms with van der Waals surface area (Å²) in [6.07, 6.45) is -0.715. The standard InChI is InChI=1S/C16H15F2N7/c1-8-20-15(19)14-10(5-6-25(14)23-8)11-3-4-12-16(22-11)24(7-13(17)18)9(2)21-12/h3-6,13H,7H2,1-2H3,(H2,19,20,23). The van der Waals surface area contributed by atoms with Crippen LogP contribution in [0.25, 0.3) is 27.9 Å². The largest absolute Gasteiger partial charge is 0.382 e. The van der Waals surface area contributed by atoms with E-state index in [9.17, 15) is 8.78 Å². The van der Waals surface area contributed by atoms with Crippen molar-refractivity contribution in [2.75, 3.05) is 5.73 Å². The average Bonchev–Trinajstić information content (AvgIpc) is 3.08. The van der Waals surface area contributed by atoms with Gasteiger partial charge in [-0.1, -0.05) is 0 Å². The van der Waals surface area contributed by atoms with Gasteiger partial charge in [-0.2, -0.15) is 5.10 Å². The first-order valence-corrected chi connectivity index (χ1v) is 7.68. The summed E-state index contributed by atoms with van der Waals surface area (Å²) in [4.78, 5) is 13.0. The highest BCUT2D eigenvalue weighted by Crippen LogP contribution is 2.28. The highest BCUT2D eigenvalue weighted by Gasteiger charge is 2.17. The van der Waals surface area contributed by atoms with Gasteiger partial charge in [0, 0.05) is 11.8 Å². The second-order valence-corrected chi connectivity index (χ2v) is 5.77. The van der Waals surface area contributed by atoms with Crippen molar-refractivity contribution in [3.05, 3.63) is 36.0 Å². The Morgan fingerprint density at radius 2 is 1.92 bits per heavy atom. The Balaban J connectivity index is 1.93. The molecule has 0 fully saturated rings. The number of pyridine rings is 1. The molecule has 0 aliphatic rings. The van der Waals surface area contributed by atoms with E-state index >= 15 is 0 Å². The molecule has 4 aromatic heterocycles. The molecule has 0 aromatic carbocycles. The van der Waals surface area contributed by atoms with Crippen molar-refractivity contribution < 1.29 is 8.78 Å². The SMILES string of the molecule is Cc1nc(N)c2c(-c3ccc4nc(C)n(CC(F)F)c4n3)ccn2n1. The van der Waals surface area contributed by atoms with Crippen LogP contribution in [0, 0.1) is 13.8 Å². The second kappa shape index (κ2) is 5.47. The molecule has 4 heterocycles. The van der Waals surface area contributed by atoms with Gasteiger partial charge in [0.2, 0.25) is 0 Å². The molecule has 0 saturated carbocycles. The van der Waals surface area contributed by atoms with Crippen LogP contribution in [0.3, 0.4) is 0 Å². The zero-order valence-electron chi connectivity index (χ0n) is 13.6. The van der Waals surface area contributed by atoms with E-state index in [1.807, 2.05) is 6.07 Å². The number of hydrogen-bond acceptors (Lipinski definition) is 5. The molecular weight excluding hydrogens is 328 g/mol. The highest BCUT2D eigenvalue weighted by atomic mass is 19.3. The van der Waals surface area contributed by atoms with E-state index < -0.39 is 13.0 Å². The third-order valence-corrected chi connectivity index (χ3v) is 4.02. The Morgan fingerprint density at radius 1 is 1.12 bits per heavy atom. The number of aryl methyl sites for hydroxylation is 2. The Morgan fingerprint density at radius 3 is 2.68 bits per heavy atom. The van der Waals surface area contributed by atoms with Crippen molar-refractivity contribution in [2.45, 2.75) is 26.8 Å². The number of nitrogen functional groups attached to an aromatic ring is 1. The Kier molecular flexibility index (Phi) is 3.38. The lowest BCUT2D eigenvalue weighted by Gasteiger charge is -2.07. The van der Waals surface area contributed by atoms with Gasteiger partial charge in [-0.3, -0.25) is 0 Å². The maximum atomic E-state index is 12.9. The second-order valence-electron chi connectivity index (χ2n) is 5.77. The van der Waals surface area contributed by atoms with Gasteiger partial charge < -0.3 is 10.3 Å². The predicted molar refractivity (Wildman–Crippen MR) is 89.4 cm³/mol. The molecule has 2 N–H and O–H groups in total.